The van der Waals surface area contributed by atoms with Crippen LogP contribution in [0.1, 0.15) is 21.7 Å². The molecule has 0 aliphatic heterocycles. The third kappa shape index (κ3) is 4.82. The molecule has 0 aliphatic rings. The van der Waals surface area contributed by atoms with Gasteiger partial charge in [0.2, 0.25) is 11.9 Å². The number of carbonyl (C=O) groups excluding carboxylic acids is 1. The molecule has 0 fully saturated rings. The first kappa shape index (κ1) is 20.2. The highest BCUT2D eigenvalue weighted by atomic mass is 35.5. The molecule has 29 heavy (non-hydrogen) atoms. The Morgan fingerprint density at radius 3 is 2.66 bits per heavy atom. The van der Waals surface area contributed by atoms with Crippen LogP contribution < -0.4 is 21.5 Å². The van der Waals surface area contributed by atoms with E-state index in [1.165, 1.54) is 19.2 Å². The first-order chi connectivity index (χ1) is 13.9. The second kappa shape index (κ2) is 8.61. The third-order valence-corrected chi connectivity index (χ3v) is 4.29. The molecule has 0 radical (unpaired) electrons. The van der Waals surface area contributed by atoms with Crippen molar-refractivity contribution >= 4 is 40.8 Å². The van der Waals surface area contributed by atoms with Gasteiger partial charge in [-0.25, -0.2) is 4.79 Å². The summed E-state index contributed by atoms with van der Waals surface area (Å²) in [5.74, 6) is -0.00578. The standard InChI is InChI=1S/C19H19ClN6O3/c1-10-5-3-4-6-14(10)23-19-25-16(24-18(22)26-19)9-29-17(27)11-7-12(20)13(21)8-15(11)28-2/h3-8H,9,21H2,1-2H3,(H3,22,23,24,25,26). The van der Waals surface area contributed by atoms with E-state index < -0.39 is 5.97 Å². The molecule has 0 saturated carbocycles. The maximum absolute atomic E-state index is 12.4. The van der Waals surface area contributed by atoms with Gasteiger partial charge in [0.05, 0.1) is 17.8 Å². The van der Waals surface area contributed by atoms with Gasteiger partial charge in [-0.1, -0.05) is 29.8 Å². The number of aromatic nitrogens is 3. The van der Waals surface area contributed by atoms with E-state index >= 15 is 0 Å². The molecule has 1 aromatic heterocycles. The number of methoxy groups -OCH3 is 1. The van der Waals surface area contributed by atoms with E-state index in [1.54, 1.807) is 0 Å². The Morgan fingerprint density at radius 1 is 1.17 bits per heavy atom. The van der Waals surface area contributed by atoms with Crippen molar-refractivity contribution in [2.24, 2.45) is 0 Å². The average molecular weight is 415 g/mol. The maximum Gasteiger partial charge on any atom is 0.342 e. The molecule has 0 amide bonds. The Kier molecular flexibility index (Phi) is 5.99. The number of hydrogen-bond acceptors (Lipinski definition) is 9. The van der Waals surface area contributed by atoms with E-state index in [9.17, 15) is 4.79 Å². The quantitative estimate of drug-likeness (QED) is 0.410. The SMILES string of the molecule is COc1cc(N)c(Cl)cc1C(=O)OCc1nc(N)nc(Nc2ccccc2C)n1. The Balaban J connectivity index is 1.76. The first-order valence-corrected chi connectivity index (χ1v) is 8.88. The zero-order chi connectivity index (χ0) is 21.0. The van der Waals surface area contributed by atoms with Gasteiger partial charge in [0.1, 0.15) is 11.3 Å². The maximum atomic E-state index is 12.4. The Bertz CT molecular complexity index is 1060. The van der Waals surface area contributed by atoms with E-state index in [0.29, 0.717) is 0 Å². The zero-order valence-electron chi connectivity index (χ0n) is 15.8. The van der Waals surface area contributed by atoms with Gasteiger partial charge >= 0.3 is 5.97 Å². The summed E-state index contributed by atoms with van der Waals surface area (Å²) in [5, 5.41) is 3.29. The van der Waals surface area contributed by atoms with Crippen molar-refractivity contribution in [3.63, 3.8) is 0 Å². The topological polar surface area (TPSA) is 138 Å². The summed E-state index contributed by atoms with van der Waals surface area (Å²) in [5.41, 5.74) is 13.7. The van der Waals surface area contributed by atoms with Gasteiger partial charge in [-0.05, 0) is 24.6 Å². The highest BCUT2D eigenvalue weighted by Gasteiger charge is 2.17. The fraction of sp³-hybridized carbons (Fsp3) is 0.158. The predicted octanol–water partition coefficient (Wildman–Crippen LogP) is 3.11. The smallest absolute Gasteiger partial charge is 0.342 e. The predicted molar refractivity (Wildman–Crippen MR) is 110 cm³/mol. The number of rotatable bonds is 6. The Labute approximate surface area is 172 Å². The molecule has 0 aliphatic carbocycles. The minimum Gasteiger partial charge on any atom is -0.496 e. The molecule has 0 bridgehead atoms. The van der Waals surface area contributed by atoms with Gasteiger partial charge in [-0.2, -0.15) is 15.0 Å². The molecular formula is C19H19ClN6O3. The van der Waals surface area contributed by atoms with E-state index in [4.69, 9.17) is 32.5 Å². The largest absolute Gasteiger partial charge is 0.496 e. The Morgan fingerprint density at radius 2 is 1.93 bits per heavy atom. The third-order valence-electron chi connectivity index (χ3n) is 3.96. The van der Waals surface area contributed by atoms with Crippen molar-refractivity contribution in [3.05, 3.63) is 58.4 Å². The molecule has 5 N–H and O–H groups in total. The normalized spacial score (nSPS) is 10.4. The molecule has 0 atom stereocenters. The van der Waals surface area contributed by atoms with Crippen molar-refractivity contribution in [2.45, 2.75) is 13.5 Å². The summed E-state index contributed by atoms with van der Waals surface area (Å²) < 4.78 is 10.4. The lowest BCUT2D eigenvalue weighted by atomic mass is 10.2. The van der Waals surface area contributed by atoms with Crippen LogP contribution in [0, 0.1) is 6.92 Å². The second-order valence-electron chi connectivity index (χ2n) is 6.02. The monoisotopic (exact) mass is 414 g/mol. The van der Waals surface area contributed by atoms with Gasteiger partial charge in [-0.15, -0.1) is 0 Å². The van der Waals surface area contributed by atoms with E-state index in [2.05, 4.69) is 20.3 Å². The minimum absolute atomic E-state index is 0.00440. The van der Waals surface area contributed by atoms with Gasteiger partial charge in [0, 0.05) is 11.8 Å². The number of ether oxygens (including phenoxy) is 2. The fourth-order valence-electron chi connectivity index (χ4n) is 2.50. The van der Waals surface area contributed by atoms with E-state index in [0.717, 1.165) is 11.3 Å². The number of nitrogen functional groups attached to an aromatic ring is 2. The number of anilines is 4. The number of benzene rings is 2. The van der Waals surface area contributed by atoms with Crippen LogP contribution in [-0.4, -0.2) is 28.0 Å². The molecule has 10 heteroatoms. The number of aryl methyl sites for hydroxylation is 1. The number of carbonyl (C=O) groups is 1. The van der Waals surface area contributed by atoms with Crippen LogP contribution in [0.4, 0.5) is 23.3 Å². The number of nitrogens with zero attached hydrogens (tertiary/aromatic N) is 3. The second-order valence-corrected chi connectivity index (χ2v) is 6.43. The molecule has 0 spiro atoms. The molecular weight excluding hydrogens is 396 g/mol. The number of hydrogen-bond donors (Lipinski definition) is 3. The molecule has 0 unspecified atom stereocenters. The lowest BCUT2D eigenvalue weighted by molar-refractivity contribution is 0.0458. The summed E-state index contributed by atoms with van der Waals surface area (Å²) in [4.78, 5) is 24.7. The Hall–Kier alpha value is -3.59. The zero-order valence-corrected chi connectivity index (χ0v) is 16.5. The van der Waals surface area contributed by atoms with Gasteiger partial charge < -0.3 is 26.3 Å². The van der Waals surface area contributed by atoms with Crippen molar-refractivity contribution in [2.75, 3.05) is 23.9 Å². The van der Waals surface area contributed by atoms with Crippen LogP contribution in [0.15, 0.2) is 36.4 Å². The molecule has 3 aromatic rings. The van der Waals surface area contributed by atoms with Crippen LogP contribution in [0.3, 0.4) is 0 Å². The molecule has 1 heterocycles. The number of nitrogens with two attached hydrogens (primary N) is 2. The first-order valence-electron chi connectivity index (χ1n) is 8.50. The minimum atomic E-state index is -0.670. The van der Waals surface area contributed by atoms with Crippen LogP contribution in [-0.2, 0) is 11.3 Å². The van der Waals surface area contributed by atoms with Crippen LogP contribution >= 0.6 is 11.6 Å². The number of esters is 1. The summed E-state index contributed by atoms with van der Waals surface area (Å²) in [7, 11) is 1.41. The number of halogens is 1. The molecule has 3 rings (SSSR count). The van der Waals surface area contributed by atoms with Crippen LogP contribution in [0.2, 0.25) is 5.02 Å². The van der Waals surface area contributed by atoms with Crippen LogP contribution in [0.5, 0.6) is 5.75 Å². The summed E-state index contributed by atoms with van der Waals surface area (Å²) in [6, 6.07) is 10.5. The number of para-hydroxylation sites is 1. The van der Waals surface area contributed by atoms with Crippen molar-refractivity contribution in [1.82, 2.24) is 15.0 Å². The van der Waals surface area contributed by atoms with Gasteiger partial charge in [0.15, 0.2) is 12.4 Å². The highest BCUT2D eigenvalue weighted by Crippen LogP contribution is 2.29. The highest BCUT2D eigenvalue weighted by molar-refractivity contribution is 6.33. The summed E-state index contributed by atoms with van der Waals surface area (Å²) in [6.07, 6.45) is 0. The molecule has 2 aromatic carbocycles. The van der Waals surface area contributed by atoms with Crippen molar-refractivity contribution < 1.29 is 14.3 Å². The average Bonchev–Trinajstić information content (AvgIpc) is 2.69. The lowest BCUT2D eigenvalue weighted by Crippen LogP contribution is -2.12. The summed E-state index contributed by atoms with van der Waals surface area (Å²) >= 11 is 5.99. The van der Waals surface area contributed by atoms with E-state index in [1.807, 2.05) is 31.2 Å². The fourth-order valence-corrected chi connectivity index (χ4v) is 2.66. The van der Waals surface area contributed by atoms with Crippen molar-refractivity contribution in [1.29, 1.82) is 0 Å². The molecule has 0 saturated heterocycles. The van der Waals surface area contributed by atoms with Crippen LogP contribution in [0.25, 0.3) is 0 Å². The number of nitrogens with one attached hydrogen (secondary N) is 1. The summed E-state index contributed by atoms with van der Waals surface area (Å²) in [6.45, 7) is 1.72. The van der Waals surface area contributed by atoms with E-state index in [-0.39, 0.29) is 46.4 Å². The van der Waals surface area contributed by atoms with Gasteiger partial charge in [0.25, 0.3) is 0 Å². The lowest BCUT2D eigenvalue weighted by Gasteiger charge is -2.11. The van der Waals surface area contributed by atoms with Gasteiger partial charge in [-0.3, -0.25) is 0 Å². The van der Waals surface area contributed by atoms with Crippen molar-refractivity contribution in [3.8, 4) is 5.75 Å². The molecule has 9 nitrogen and oxygen atoms in total. The molecule has 150 valence electrons.